The molecule has 2 fully saturated rings. The van der Waals surface area contributed by atoms with Crippen LogP contribution in [0.25, 0.3) is 5.69 Å². The Morgan fingerprint density at radius 3 is 2.26 bits per heavy atom. The zero-order valence-corrected chi connectivity index (χ0v) is 24.0. The molecule has 1 saturated heterocycles. The zero-order chi connectivity index (χ0) is 27.1. The maximum Gasteiger partial charge on any atom is 0.174 e. The van der Waals surface area contributed by atoms with Gasteiger partial charge in [0.25, 0.3) is 0 Å². The summed E-state index contributed by atoms with van der Waals surface area (Å²) in [6.07, 6.45) is 6.99. The number of hydrogen-bond acceptors (Lipinski definition) is 3. The Kier molecular flexibility index (Phi) is 6.90. The van der Waals surface area contributed by atoms with Gasteiger partial charge >= 0.3 is 0 Å². The first-order chi connectivity index (χ1) is 18.9. The number of aromatic nitrogens is 2. The lowest BCUT2D eigenvalue weighted by molar-refractivity contribution is 0.210. The summed E-state index contributed by atoms with van der Waals surface area (Å²) in [5.41, 5.74) is 9.38. The average molecular weight is 537 g/mol. The van der Waals surface area contributed by atoms with E-state index in [2.05, 4.69) is 97.1 Å². The van der Waals surface area contributed by atoms with Crippen LogP contribution in [0.3, 0.4) is 0 Å². The predicted octanol–water partition coefficient (Wildman–Crippen LogP) is 7.60. The molecule has 2 atom stereocenters. The van der Waals surface area contributed by atoms with Crippen LogP contribution in [-0.2, 0) is 0 Å². The minimum absolute atomic E-state index is 0.0557. The van der Waals surface area contributed by atoms with Crippen LogP contribution in [0.4, 0.5) is 5.69 Å². The Morgan fingerprint density at radius 2 is 1.59 bits per heavy atom. The number of benzene rings is 2. The van der Waals surface area contributed by atoms with Crippen LogP contribution in [0, 0.1) is 27.7 Å². The molecule has 2 aromatic carbocycles. The van der Waals surface area contributed by atoms with E-state index in [0.717, 1.165) is 30.0 Å². The number of nitrogens with one attached hydrogen (secondary N) is 1. The highest BCUT2D eigenvalue weighted by Crippen LogP contribution is 2.44. The van der Waals surface area contributed by atoms with Crippen molar-refractivity contribution in [1.82, 2.24) is 14.9 Å². The highest BCUT2D eigenvalue weighted by molar-refractivity contribution is 7.80. The van der Waals surface area contributed by atoms with Crippen molar-refractivity contribution in [1.29, 1.82) is 0 Å². The second-order valence-electron chi connectivity index (χ2n) is 11.0. The average Bonchev–Trinajstić information content (AvgIpc) is 3.62. The van der Waals surface area contributed by atoms with Gasteiger partial charge in [-0.3, -0.25) is 4.98 Å². The van der Waals surface area contributed by atoms with E-state index in [4.69, 9.17) is 21.9 Å². The monoisotopic (exact) mass is 536 g/mol. The van der Waals surface area contributed by atoms with Crippen LogP contribution in [0.5, 0.6) is 5.75 Å². The quantitative estimate of drug-likeness (QED) is 0.257. The predicted molar refractivity (Wildman–Crippen MR) is 162 cm³/mol. The summed E-state index contributed by atoms with van der Waals surface area (Å²) in [6, 6.07) is 23.4. The Labute approximate surface area is 236 Å². The first kappa shape index (κ1) is 25.6. The number of nitrogens with zero attached hydrogens (tertiary/aromatic N) is 3. The van der Waals surface area contributed by atoms with Gasteiger partial charge in [-0.1, -0.05) is 12.1 Å². The lowest BCUT2D eigenvalue weighted by Crippen LogP contribution is -2.29. The third kappa shape index (κ3) is 4.94. The van der Waals surface area contributed by atoms with Crippen molar-refractivity contribution in [3.05, 3.63) is 107 Å². The molecular formula is C33H36N4OS. The molecule has 0 radical (unpaired) electrons. The van der Waals surface area contributed by atoms with Crippen molar-refractivity contribution >= 4 is 23.0 Å². The Hall–Kier alpha value is -3.64. The van der Waals surface area contributed by atoms with Crippen molar-refractivity contribution in [3.63, 3.8) is 0 Å². The van der Waals surface area contributed by atoms with E-state index in [1.54, 1.807) is 0 Å². The van der Waals surface area contributed by atoms with E-state index in [0.29, 0.717) is 11.2 Å². The number of aryl methyl sites for hydroxylation is 3. The van der Waals surface area contributed by atoms with E-state index in [-0.39, 0.29) is 12.1 Å². The molecule has 4 aromatic rings. The number of hydrogen-bond donors (Lipinski definition) is 1. The number of pyridine rings is 1. The molecule has 6 rings (SSSR count). The molecule has 2 aromatic heterocycles. The van der Waals surface area contributed by atoms with E-state index in [1.807, 2.05) is 18.3 Å². The van der Waals surface area contributed by atoms with Crippen LogP contribution >= 0.6 is 12.2 Å². The van der Waals surface area contributed by atoms with Crippen molar-refractivity contribution in [2.45, 2.75) is 71.6 Å². The molecular weight excluding hydrogens is 500 g/mol. The van der Waals surface area contributed by atoms with Gasteiger partial charge in [-0.15, -0.1) is 0 Å². The maximum absolute atomic E-state index is 6.25. The summed E-state index contributed by atoms with van der Waals surface area (Å²) < 4.78 is 8.61. The number of ether oxygens (including phenoxy) is 1. The maximum atomic E-state index is 6.25. The molecule has 200 valence electrons. The first-order valence-electron chi connectivity index (χ1n) is 13.9. The standard InChI is InChI=1S/C33H36N4OS/c1-21-17-22(2)19-26(18-21)36-23(3)20-29(24(36)4)32-31(30-11-7-8-16-34-30)35-33(39)37(32)25-12-14-28(15-13-25)38-27-9-5-6-10-27/h7-8,11-20,27,31-32H,5-6,9-10H2,1-4H3,(H,35,39)/t31-,32+/m0/s1. The minimum atomic E-state index is -0.0821. The molecule has 6 heteroatoms. The number of rotatable bonds is 6. The smallest absolute Gasteiger partial charge is 0.174 e. The molecule has 0 unspecified atom stereocenters. The van der Waals surface area contributed by atoms with Crippen LogP contribution in [0.2, 0.25) is 0 Å². The molecule has 39 heavy (non-hydrogen) atoms. The lowest BCUT2D eigenvalue weighted by atomic mass is 9.96. The SMILES string of the molecule is Cc1cc(C)cc(-n2c(C)cc([C@@H]3[C@H](c4ccccn4)NC(=S)N3c3ccc(OC4CCCC4)cc3)c2C)c1. The van der Waals surface area contributed by atoms with Crippen molar-refractivity contribution in [3.8, 4) is 11.4 Å². The van der Waals surface area contributed by atoms with Crippen LogP contribution in [-0.4, -0.2) is 20.8 Å². The minimum Gasteiger partial charge on any atom is -0.490 e. The van der Waals surface area contributed by atoms with E-state index >= 15 is 0 Å². The van der Waals surface area contributed by atoms with Gasteiger partial charge in [-0.2, -0.15) is 0 Å². The fourth-order valence-corrected chi connectivity index (χ4v) is 6.74. The number of anilines is 1. The molecule has 1 saturated carbocycles. The van der Waals surface area contributed by atoms with Gasteiger partial charge in [0.1, 0.15) is 5.75 Å². The number of thiocarbonyl (C=S) groups is 1. The van der Waals surface area contributed by atoms with Gasteiger partial charge in [-0.25, -0.2) is 0 Å². The fraction of sp³-hybridized carbons (Fsp3) is 0.333. The second kappa shape index (κ2) is 10.5. The van der Waals surface area contributed by atoms with Crippen LogP contribution in [0.15, 0.2) is 72.9 Å². The van der Waals surface area contributed by atoms with Gasteiger partial charge < -0.3 is 19.5 Å². The molecule has 0 amide bonds. The molecule has 5 nitrogen and oxygen atoms in total. The Morgan fingerprint density at radius 1 is 0.872 bits per heavy atom. The third-order valence-corrected chi connectivity index (χ3v) is 8.39. The summed E-state index contributed by atoms with van der Waals surface area (Å²) in [4.78, 5) is 6.99. The Balaban J connectivity index is 1.42. The summed E-state index contributed by atoms with van der Waals surface area (Å²) in [5.74, 6) is 0.926. The second-order valence-corrected chi connectivity index (χ2v) is 11.4. The highest BCUT2D eigenvalue weighted by Gasteiger charge is 2.42. The first-order valence-corrected chi connectivity index (χ1v) is 14.3. The van der Waals surface area contributed by atoms with E-state index in [9.17, 15) is 0 Å². The third-order valence-electron chi connectivity index (χ3n) is 8.07. The molecule has 1 aliphatic heterocycles. The summed E-state index contributed by atoms with van der Waals surface area (Å²) in [5, 5.41) is 4.31. The Bertz CT molecular complexity index is 1470. The zero-order valence-electron chi connectivity index (χ0n) is 23.1. The summed E-state index contributed by atoms with van der Waals surface area (Å²) in [6.45, 7) is 8.71. The molecule has 2 aliphatic rings. The normalized spacial score (nSPS) is 19.5. The van der Waals surface area contributed by atoms with Crippen molar-refractivity contribution in [2.24, 2.45) is 0 Å². The van der Waals surface area contributed by atoms with E-state index in [1.165, 1.54) is 46.6 Å². The lowest BCUT2D eigenvalue weighted by Gasteiger charge is -2.28. The van der Waals surface area contributed by atoms with Gasteiger partial charge in [0.05, 0.1) is 23.9 Å². The molecule has 1 aliphatic carbocycles. The van der Waals surface area contributed by atoms with Crippen molar-refractivity contribution < 1.29 is 4.74 Å². The molecule has 0 bridgehead atoms. The van der Waals surface area contributed by atoms with Gasteiger partial charge in [-0.05, 0) is 137 Å². The van der Waals surface area contributed by atoms with Crippen LogP contribution < -0.4 is 15.0 Å². The van der Waals surface area contributed by atoms with E-state index < -0.39 is 0 Å². The highest BCUT2D eigenvalue weighted by atomic mass is 32.1. The van der Waals surface area contributed by atoms with Crippen molar-refractivity contribution in [2.75, 3.05) is 4.90 Å². The topological polar surface area (TPSA) is 42.3 Å². The summed E-state index contributed by atoms with van der Waals surface area (Å²) in [7, 11) is 0. The molecule has 0 spiro atoms. The van der Waals surface area contributed by atoms with Gasteiger partial charge in [0.2, 0.25) is 0 Å². The van der Waals surface area contributed by atoms with Gasteiger partial charge in [0.15, 0.2) is 5.11 Å². The molecule has 3 heterocycles. The molecule has 1 N–H and O–H groups in total. The fourth-order valence-electron chi connectivity index (χ4n) is 6.40. The summed E-state index contributed by atoms with van der Waals surface area (Å²) >= 11 is 5.98. The van der Waals surface area contributed by atoms with Crippen LogP contribution in [0.1, 0.15) is 71.5 Å². The van der Waals surface area contributed by atoms with Gasteiger partial charge in [0, 0.05) is 29.0 Å². The largest absolute Gasteiger partial charge is 0.490 e.